The first kappa shape index (κ1) is 18.5. The molecule has 0 aromatic heterocycles. The molecule has 0 fully saturated rings. The van der Waals surface area contributed by atoms with E-state index in [2.05, 4.69) is 4.72 Å². The molecule has 0 unspecified atom stereocenters. The predicted molar refractivity (Wildman–Crippen MR) is 110 cm³/mol. The van der Waals surface area contributed by atoms with E-state index in [0.29, 0.717) is 0 Å². The third-order valence-corrected chi connectivity index (χ3v) is 6.53. The predicted octanol–water partition coefficient (Wildman–Crippen LogP) is 4.46. The van der Waals surface area contributed by atoms with E-state index in [1.54, 1.807) is 12.1 Å². The molecule has 28 heavy (non-hydrogen) atoms. The molecule has 1 amide bonds. The summed E-state index contributed by atoms with van der Waals surface area (Å²) in [5.74, 6) is -1.39. The Kier molecular flexibility index (Phi) is 4.79. The Balaban J connectivity index is 1.79. The summed E-state index contributed by atoms with van der Waals surface area (Å²) < 4.78 is 27.8. The Morgan fingerprint density at radius 1 is 0.786 bits per heavy atom. The summed E-state index contributed by atoms with van der Waals surface area (Å²) in [7, 11) is -4.11. The number of fused-ring (bicyclic) bond motifs is 2. The lowest BCUT2D eigenvalue weighted by Gasteiger charge is -2.20. The zero-order valence-corrected chi connectivity index (χ0v) is 16.2. The van der Waals surface area contributed by atoms with Crippen molar-refractivity contribution in [3.05, 3.63) is 100 Å². The second kappa shape index (κ2) is 7.26. The van der Waals surface area contributed by atoms with Crippen LogP contribution in [0.15, 0.2) is 77.7 Å². The van der Waals surface area contributed by atoms with Gasteiger partial charge in [0.05, 0.1) is 10.9 Å². The minimum Gasteiger partial charge on any atom is -0.273 e. The van der Waals surface area contributed by atoms with Crippen LogP contribution in [0.5, 0.6) is 0 Å². The Bertz CT molecular complexity index is 1150. The van der Waals surface area contributed by atoms with E-state index in [0.717, 1.165) is 22.3 Å². The molecule has 4 rings (SSSR count). The molecule has 140 valence electrons. The van der Waals surface area contributed by atoms with Crippen LogP contribution >= 0.6 is 11.6 Å². The maximum absolute atomic E-state index is 13.2. The van der Waals surface area contributed by atoms with Crippen LogP contribution in [-0.4, -0.2) is 14.3 Å². The Morgan fingerprint density at radius 2 is 1.29 bits per heavy atom. The van der Waals surface area contributed by atoms with Crippen LogP contribution in [0.3, 0.4) is 0 Å². The Labute approximate surface area is 168 Å². The molecule has 0 aliphatic heterocycles. The fourth-order valence-electron chi connectivity index (χ4n) is 3.39. The number of hydrogen-bond acceptors (Lipinski definition) is 3. The number of rotatable bonds is 3. The normalized spacial score (nSPS) is 13.3. The maximum atomic E-state index is 13.2. The molecule has 1 aliphatic carbocycles. The molecule has 0 spiro atoms. The van der Waals surface area contributed by atoms with Gasteiger partial charge in [-0.05, 0) is 34.4 Å². The van der Waals surface area contributed by atoms with Crippen LogP contribution in [-0.2, 0) is 14.8 Å². The molecule has 3 aromatic carbocycles. The van der Waals surface area contributed by atoms with Crippen LogP contribution in [0.1, 0.15) is 28.2 Å². The highest BCUT2D eigenvalue weighted by molar-refractivity contribution is 7.90. The van der Waals surface area contributed by atoms with Crippen molar-refractivity contribution in [1.82, 2.24) is 4.72 Å². The van der Waals surface area contributed by atoms with E-state index >= 15 is 0 Å². The van der Waals surface area contributed by atoms with Crippen LogP contribution in [0.4, 0.5) is 0 Å². The number of sulfonamides is 1. The topological polar surface area (TPSA) is 63.2 Å². The summed E-state index contributed by atoms with van der Waals surface area (Å²) in [4.78, 5) is 13.1. The van der Waals surface area contributed by atoms with E-state index in [1.165, 1.54) is 12.1 Å². The van der Waals surface area contributed by atoms with E-state index < -0.39 is 21.8 Å². The lowest BCUT2D eigenvalue weighted by Crippen LogP contribution is -2.35. The molecule has 0 bridgehead atoms. The minimum atomic E-state index is -4.11. The van der Waals surface area contributed by atoms with Gasteiger partial charge in [-0.25, -0.2) is 13.1 Å². The molecule has 4 nitrogen and oxygen atoms in total. The van der Waals surface area contributed by atoms with E-state index in [4.69, 9.17) is 11.6 Å². The Hall–Kier alpha value is -2.89. The molecule has 0 saturated heterocycles. The van der Waals surface area contributed by atoms with Crippen molar-refractivity contribution < 1.29 is 13.2 Å². The van der Waals surface area contributed by atoms with Crippen LogP contribution in [0.2, 0.25) is 5.02 Å². The van der Waals surface area contributed by atoms with Crippen molar-refractivity contribution in [1.29, 1.82) is 0 Å². The average Bonchev–Trinajstić information content (AvgIpc) is 2.84. The number of hydrogen-bond donors (Lipinski definition) is 1. The van der Waals surface area contributed by atoms with Crippen LogP contribution in [0, 0.1) is 0 Å². The first-order valence-electron chi connectivity index (χ1n) is 8.64. The van der Waals surface area contributed by atoms with Gasteiger partial charge in [0.15, 0.2) is 0 Å². The third-order valence-electron chi connectivity index (χ3n) is 4.68. The second-order valence-electron chi connectivity index (χ2n) is 6.42. The van der Waals surface area contributed by atoms with E-state index in [9.17, 15) is 13.2 Å². The smallest absolute Gasteiger partial charge is 0.265 e. The highest BCUT2D eigenvalue weighted by Crippen LogP contribution is 2.35. The number of carbonyl (C=O) groups is 1. The van der Waals surface area contributed by atoms with Crippen molar-refractivity contribution in [2.24, 2.45) is 0 Å². The van der Waals surface area contributed by atoms with Gasteiger partial charge in [0.1, 0.15) is 4.90 Å². The summed E-state index contributed by atoms with van der Waals surface area (Å²) in [6.45, 7) is 0. The molecular formula is C22H16ClNO3S. The minimum absolute atomic E-state index is 0.0612. The molecule has 0 heterocycles. The fourth-order valence-corrected chi connectivity index (χ4v) is 4.91. The zero-order chi connectivity index (χ0) is 19.7. The zero-order valence-electron chi connectivity index (χ0n) is 14.7. The van der Waals surface area contributed by atoms with Crippen LogP contribution in [0.25, 0.3) is 12.2 Å². The van der Waals surface area contributed by atoms with Crippen molar-refractivity contribution in [2.75, 3.05) is 0 Å². The number of carbonyl (C=O) groups excluding carboxylic acids is 1. The number of halogens is 1. The standard InChI is InChI=1S/C22H16ClNO3S/c23-19-11-5-6-12-20(19)28(26,27)24-22(25)21-17-9-3-1-7-15(17)13-14-16-8-2-4-10-18(16)21/h1-14,21H,(H,24,25). The van der Waals surface area contributed by atoms with Gasteiger partial charge in [-0.2, -0.15) is 0 Å². The highest BCUT2D eigenvalue weighted by Gasteiger charge is 2.31. The van der Waals surface area contributed by atoms with Crippen molar-refractivity contribution >= 4 is 39.7 Å². The van der Waals surface area contributed by atoms with Crippen LogP contribution < -0.4 is 4.72 Å². The lowest BCUT2D eigenvalue weighted by molar-refractivity contribution is -0.119. The van der Waals surface area contributed by atoms with Crippen molar-refractivity contribution in [3.8, 4) is 0 Å². The Morgan fingerprint density at radius 3 is 1.86 bits per heavy atom. The maximum Gasteiger partial charge on any atom is 0.265 e. The molecule has 3 aromatic rings. The average molecular weight is 410 g/mol. The van der Waals surface area contributed by atoms with Gasteiger partial charge in [0, 0.05) is 0 Å². The number of nitrogens with one attached hydrogen (secondary N) is 1. The number of amides is 1. The molecule has 0 saturated carbocycles. The third kappa shape index (κ3) is 3.35. The van der Waals surface area contributed by atoms with Gasteiger partial charge in [-0.3, -0.25) is 4.79 Å². The van der Waals surface area contributed by atoms with E-state index in [1.807, 2.05) is 60.7 Å². The molecule has 1 aliphatic rings. The first-order valence-corrected chi connectivity index (χ1v) is 10.5. The highest BCUT2D eigenvalue weighted by atomic mass is 35.5. The van der Waals surface area contributed by atoms with Crippen molar-refractivity contribution in [2.45, 2.75) is 10.8 Å². The first-order chi connectivity index (χ1) is 13.5. The largest absolute Gasteiger partial charge is 0.273 e. The quantitative estimate of drug-likeness (QED) is 0.694. The molecular weight excluding hydrogens is 394 g/mol. The van der Waals surface area contributed by atoms with Gasteiger partial charge >= 0.3 is 0 Å². The lowest BCUT2D eigenvalue weighted by atomic mass is 9.87. The number of benzene rings is 3. The van der Waals surface area contributed by atoms with Gasteiger partial charge in [-0.1, -0.05) is 84.4 Å². The molecule has 1 N–H and O–H groups in total. The second-order valence-corrected chi connectivity index (χ2v) is 8.48. The van der Waals surface area contributed by atoms with Gasteiger partial charge < -0.3 is 0 Å². The summed E-state index contributed by atoms with van der Waals surface area (Å²) in [6.07, 6.45) is 3.87. The molecule has 6 heteroatoms. The van der Waals surface area contributed by atoms with Gasteiger partial charge in [0.25, 0.3) is 10.0 Å². The SMILES string of the molecule is O=C(NS(=O)(=O)c1ccccc1Cl)C1c2ccccc2C=Cc2ccccc21. The summed E-state index contributed by atoms with van der Waals surface area (Å²) in [5.41, 5.74) is 3.23. The summed E-state index contributed by atoms with van der Waals surface area (Å²) >= 11 is 6.03. The van der Waals surface area contributed by atoms with E-state index in [-0.39, 0.29) is 9.92 Å². The van der Waals surface area contributed by atoms with Gasteiger partial charge in [-0.15, -0.1) is 0 Å². The summed E-state index contributed by atoms with van der Waals surface area (Å²) in [6, 6.07) is 21.0. The molecule has 0 atom stereocenters. The summed E-state index contributed by atoms with van der Waals surface area (Å²) in [5, 5.41) is 0.0612. The van der Waals surface area contributed by atoms with Gasteiger partial charge in [0.2, 0.25) is 5.91 Å². The molecule has 0 radical (unpaired) electrons. The fraction of sp³-hybridized carbons (Fsp3) is 0.0455. The monoisotopic (exact) mass is 409 g/mol. The van der Waals surface area contributed by atoms with Crippen molar-refractivity contribution in [3.63, 3.8) is 0 Å².